The number of aromatic nitrogens is 2. The maximum absolute atomic E-state index is 12.7. The number of carbonyl (C=O) groups excluding carboxylic acids is 1. The molecule has 0 aliphatic carbocycles. The summed E-state index contributed by atoms with van der Waals surface area (Å²) in [4.78, 5) is 17.7. The normalized spacial score (nSPS) is 10.9. The van der Waals surface area contributed by atoms with Gasteiger partial charge in [0.15, 0.2) is 11.5 Å². The van der Waals surface area contributed by atoms with Gasteiger partial charge in [-0.3, -0.25) is 10.1 Å². The van der Waals surface area contributed by atoms with E-state index in [0.717, 1.165) is 22.2 Å². The molecule has 2 aromatic carbocycles. The second-order valence-corrected chi connectivity index (χ2v) is 7.61. The summed E-state index contributed by atoms with van der Waals surface area (Å²) in [5.41, 5.74) is 3.84. The smallest absolute Gasteiger partial charge is 0.268 e. The van der Waals surface area contributed by atoms with Crippen LogP contribution in [0.4, 0.5) is 5.95 Å². The molecule has 4 rings (SSSR count). The molecule has 4 aromatic rings. The summed E-state index contributed by atoms with van der Waals surface area (Å²) in [6.45, 7) is 2.36. The van der Waals surface area contributed by atoms with Crippen molar-refractivity contribution in [2.24, 2.45) is 7.05 Å². The molecule has 1 amide bonds. The Morgan fingerprint density at radius 2 is 2.00 bits per heavy atom. The van der Waals surface area contributed by atoms with Crippen LogP contribution in [-0.2, 0) is 13.7 Å². The fraction of sp³-hybridized carbons (Fsp3) is 0.182. The van der Waals surface area contributed by atoms with Crippen molar-refractivity contribution >= 4 is 34.2 Å². The number of nitrogens with zero attached hydrogens (tertiary/aromatic N) is 2. The highest BCUT2D eigenvalue weighted by atomic mass is 32.1. The van der Waals surface area contributed by atoms with Crippen LogP contribution in [0.2, 0.25) is 0 Å². The third-order valence-electron chi connectivity index (χ3n) is 4.60. The average Bonchev–Trinajstić information content (AvgIpc) is 3.32. The van der Waals surface area contributed by atoms with Crippen LogP contribution in [-0.4, -0.2) is 22.6 Å². The van der Waals surface area contributed by atoms with Gasteiger partial charge < -0.3 is 14.0 Å². The molecular weight excluding hydrogens is 386 g/mol. The molecule has 0 aliphatic rings. The molecule has 2 heterocycles. The number of amides is 1. The van der Waals surface area contributed by atoms with Crippen LogP contribution in [0.25, 0.3) is 11.0 Å². The summed E-state index contributed by atoms with van der Waals surface area (Å²) in [7, 11) is 3.50. The molecule has 7 heteroatoms. The van der Waals surface area contributed by atoms with Crippen LogP contribution < -0.4 is 14.8 Å². The van der Waals surface area contributed by atoms with Crippen molar-refractivity contribution in [1.29, 1.82) is 0 Å². The van der Waals surface area contributed by atoms with Crippen molar-refractivity contribution < 1.29 is 14.3 Å². The molecular formula is C22H21N3O3S. The summed E-state index contributed by atoms with van der Waals surface area (Å²) in [6.07, 6.45) is 0. The number of imidazole rings is 1. The van der Waals surface area contributed by atoms with Crippen LogP contribution in [0, 0.1) is 6.92 Å². The van der Waals surface area contributed by atoms with Gasteiger partial charge in [0, 0.05) is 12.6 Å². The molecule has 148 valence electrons. The van der Waals surface area contributed by atoms with Crippen LogP contribution >= 0.6 is 11.3 Å². The molecule has 0 bridgehead atoms. The first-order chi connectivity index (χ1) is 14.0. The van der Waals surface area contributed by atoms with Crippen molar-refractivity contribution in [2.75, 3.05) is 12.4 Å². The van der Waals surface area contributed by atoms with Gasteiger partial charge in [-0.15, -0.1) is 11.3 Å². The molecule has 1 N–H and O–H groups in total. The number of anilines is 1. The molecule has 0 unspecified atom stereocenters. The topological polar surface area (TPSA) is 65.4 Å². The lowest BCUT2D eigenvalue weighted by molar-refractivity contribution is 0.102. The Labute approximate surface area is 172 Å². The highest BCUT2D eigenvalue weighted by Crippen LogP contribution is 2.29. The van der Waals surface area contributed by atoms with Crippen molar-refractivity contribution in [3.05, 3.63) is 69.9 Å². The number of rotatable bonds is 6. The van der Waals surface area contributed by atoms with E-state index in [2.05, 4.69) is 10.3 Å². The van der Waals surface area contributed by atoms with E-state index in [1.807, 2.05) is 72.4 Å². The Morgan fingerprint density at radius 3 is 2.79 bits per heavy atom. The minimum Gasteiger partial charge on any atom is -0.493 e. The molecule has 0 saturated heterocycles. The van der Waals surface area contributed by atoms with Crippen LogP contribution in [0.3, 0.4) is 0 Å². The Hall–Kier alpha value is -3.32. The number of fused-ring (bicyclic) bond motifs is 1. The number of hydrogen-bond donors (Lipinski definition) is 1. The molecule has 0 radical (unpaired) electrons. The number of benzene rings is 2. The zero-order valence-corrected chi connectivity index (χ0v) is 17.2. The highest BCUT2D eigenvalue weighted by Gasteiger charge is 2.14. The Kier molecular flexibility index (Phi) is 5.22. The Balaban J connectivity index is 1.44. The first-order valence-electron chi connectivity index (χ1n) is 9.13. The molecule has 0 spiro atoms. The monoisotopic (exact) mass is 407 g/mol. The van der Waals surface area contributed by atoms with Gasteiger partial charge in [0.05, 0.1) is 23.0 Å². The van der Waals surface area contributed by atoms with E-state index in [1.54, 1.807) is 7.11 Å². The van der Waals surface area contributed by atoms with E-state index < -0.39 is 0 Å². The van der Waals surface area contributed by atoms with Gasteiger partial charge in [-0.1, -0.05) is 18.2 Å². The number of hydrogen-bond acceptors (Lipinski definition) is 5. The van der Waals surface area contributed by atoms with Gasteiger partial charge in [-0.05, 0) is 48.2 Å². The van der Waals surface area contributed by atoms with E-state index in [0.29, 0.717) is 28.9 Å². The van der Waals surface area contributed by atoms with Gasteiger partial charge in [-0.2, -0.15) is 0 Å². The minimum atomic E-state index is -0.187. The zero-order valence-electron chi connectivity index (χ0n) is 16.4. The number of methoxy groups -OCH3 is 1. The van der Waals surface area contributed by atoms with Crippen molar-refractivity contribution in [3.8, 4) is 11.5 Å². The summed E-state index contributed by atoms with van der Waals surface area (Å²) >= 11 is 1.38. The number of thiophene rings is 1. The lowest BCUT2D eigenvalue weighted by Gasteiger charge is -2.10. The molecule has 0 aliphatic heterocycles. The maximum Gasteiger partial charge on any atom is 0.268 e. The summed E-state index contributed by atoms with van der Waals surface area (Å²) in [5.74, 6) is 1.70. The van der Waals surface area contributed by atoms with E-state index in [-0.39, 0.29) is 5.91 Å². The Morgan fingerprint density at radius 1 is 1.17 bits per heavy atom. The summed E-state index contributed by atoms with van der Waals surface area (Å²) in [5, 5.41) is 4.81. The van der Waals surface area contributed by atoms with Crippen LogP contribution in [0.5, 0.6) is 11.5 Å². The number of ether oxygens (including phenoxy) is 2. The molecule has 29 heavy (non-hydrogen) atoms. The largest absolute Gasteiger partial charge is 0.493 e. The Bertz CT molecular complexity index is 1180. The predicted molar refractivity (Wildman–Crippen MR) is 115 cm³/mol. The standard InChI is InChI=1S/C22H21N3O3S/c1-14-8-9-18(19(10-14)27-3)28-12-15-11-20(29-13-15)21(26)24-22-23-16-6-4-5-7-17(16)25(22)2/h4-11,13H,12H2,1-3H3,(H,23,24,26). The van der Waals surface area contributed by atoms with Crippen molar-refractivity contribution in [1.82, 2.24) is 9.55 Å². The van der Waals surface area contributed by atoms with E-state index in [4.69, 9.17) is 9.47 Å². The van der Waals surface area contributed by atoms with Gasteiger partial charge >= 0.3 is 0 Å². The minimum absolute atomic E-state index is 0.187. The molecule has 0 atom stereocenters. The van der Waals surface area contributed by atoms with E-state index in [9.17, 15) is 4.79 Å². The fourth-order valence-corrected chi connectivity index (χ4v) is 3.84. The van der Waals surface area contributed by atoms with Crippen LogP contribution in [0.1, 0.15) is 20.8 Å². The first-order valence-corrected chi connectivity index (χ1v) is 10.0. The van der Waals surface area contributed by atoms with Gasteiger partial charge in [0.2, 0.25) is 5.95 Å². The number of para-hydroxylation sites is 2. The number of carbonyl (C=O) groups is 1. The van der Waals surface area contributed by atoms with Gasteiger partial charge in [0.1, 0.15) is 6.61 Å². The lowest BCUT2D eigenvalue weighted by atomic mass is 10.2. The summed E-state index contributed by atoms with van der Waals surface area (Å²) in [6, 6.07) is 15.4. The highest BCUT2D eigenvalue weighted by molar-refractivity contribution is 7.12. The second-order valence-electron chi connectivity index (χ2n) is 6.70. The average molecular weight is 407 g/mol. The lowest BCUT2D eigenvalue weighted by Crippen LogP contribution is -2.13. The SMILES string of the molecule is COc1cc(C)ccc1OCc1csc(C(=O)Nc2nc3ccccc3n2C)c1. The number of nitrogens with one attached hydrogen (secondary N) is 1. The first kappa shape index (κ1) is 19.0. The quantitative estimate of drug-likeness (QED) is 0.499. The van der Waals surface area contributed by atoms with Crippen molar-refractivity contribution in [2.45, 2.75) is 13.5 Å². The predicted octanol–water partition coefficient (Wildman–Crippen LogP) is 4.78. The molecule has 0 saturated carbocycles. The van der Waals surface area contributed by atoms with Gasteiger partial charge in [-0.25, -0.2) is 4.98 Å². The zero-order chi connectivity index (χ0) is 20.4. The molecule has 6 nitrogen and oxygen atoms in total. The molecule has 0 fully saturated rings. The maximum atomic E-state index is 12.7. The molecule has 2 aromatic heterocycles. The van der Waals surface area contributed by atoms with Crippen LogP contribution in [0.15, 0.2) is 53.9 Å². The summed E-state index contributed by atoms with van der Waals surface area (Å²) < 4.78 is 13.1. The van der Waals surface area contributed by atoms with E-state index >= 15 is 0 Å². The third-order valence-corrected chi connectivity index (χ3v) is 5.58. The fourth-order valence-electron chi connectivity index (χ4n) is 3.05. The van der Waals surface area contributed by atoms with Gasteiger partial charge in [0.25, 0.3) is 5.91 Å². The van der Waals surface area contributed by atoms with Crippen molar-refractivity contribution in [3.63, 3.8) is 0 Å². The third kappa shape index (κ3) is 3.95. The second kappa shape index (κ2) is 7.97. The van der Waals surface area contributed by atoms with E-state index in [1.165, 1.54) is 11.3 Å². The number of aryl methyl sites for hydroxylation is 2.